The van der Waals surface area contributed by atoms with Crippen LogP contribution in [-0.4, -0.2) is 42.0 Å². The highest BCUT2D eigenvalue weighted by Gasteiger charge is 2.16. The Labute approximate surface area is 194 Å². The van der Waals surface area contributed by atoms with E-state index in [1.807, 2.05) is 60.7 Å². The van der Waals surface area contributed by atoms with Crippen molar-refractivity contribution >= 4 is 56.3 Å². The summed E-state index contributed by atoms with van der Waals surface area (Å²) in [5.41, 5.74) is 3.98. The van der Waals surface area contributed by atoms with Gasteiger partial charge in [0.2, 0.25) is 5.91 Å². The second kappa shape index (κ2) is 9.17. The third kappa shape index (κ3) is 4.15. The number of amides is 1. The lowest BCUT2D eigenvalue weighted by Crippen LogP contribution is -2.15. The van der Waals surface area contributed by atoms with Crippen LogP contribution in [0.15, 0.2) is 70.2 Å². The molecule has 0 aliphatic carbocycles. The van der Waals surface area contributed by atoms with E-state index < -0.39 is 0 Å². The van der Waals surface area contributed by atoms with Crippen molar-refractivity contribution in [1.82, 2.24) is 9.55 Å². The maximum absolute atomic E-state index is 12.8. The van der Waals surface area contributed by atoms with E-state index in [4.69, 9.17) is 18.9 Å². The SMILES string of the molecule is COCCn1c(SCC(=O)Nc2cc3oc4ccccc4c3cc2OC)nc2ccccc21. The number of furan rings is 1. The molecule has 1 amide bonds. The van der Waals surface area contributed by atoms with Gasteiger partial charge in [-0.2, -0.15) is 0 Å². The maximum atomic E-state index is 12.8. The number of nitrogens with one attached hydrogen (secondary N) is 1. The fraction of sp³-hybridized carbons (Fsp3) is 0.200. The van der Waals surface area contributed by atoms with E-state index in [1.165, 1.54) is 11.8 Å². The summed E-state index contributed by atoms with van der Waals surface area (Å²) in [6.07, 6.45) is 0. The van der Waals surface area contributed by atoms with E-state index in [2.05, 4.69) is 9.88 Å². The number of carbonyl (C=O) groups excluding carboxylic acids is 1. The standard InChI is InChI=1S/C25H23N3O4S/c1-30-12-11-28-20-9-5-4-8-18(20)27-25(28)33-15-24(29)26-19-14-22-17(13-23(19)31-2)16-7-3-6-10-21(16)32-22/h3-10,13-14H,11-12,15H2,1-2H3,(H,26,29). The molecular formula is C25H23N3O4S. The zero-order chi connectivity index (χ0) is 22.8. The fourth-order valence-corrected chi connectivity index (χ4v) is 4.74. The molecule has 168 valence electrons. The minimum absolute atomic E-state index is 0.154. The van der Waals surface area contributed by atoms with Crippen LogP contribution in [0.25, 0.3) is 33.0 Å². The lowest BCUT2D eigenvalue weighted by atomic mass is 10.1. The number of thioether (sulfide) groups is 1. The number of benzene rings is 3. The van der Waals surface area contributed by atoms with Crippen LogP contribution in [0.4, 0.5) is 5.69 Å². The average molecular weight is 462 g/mol. The number of rotatable bonds is 8. The molecule has 1 N–H and O–H groups in total. The number of methoxy groups -OCH3 is 2. The predicted molar refractivity (Wildman–Crippen MR) is 131 cm³/mol. The van der Waals surface area contributed by atoms with Gasteiger partial charge in [-0.15, -0.1) is 0 Å². The van der Waals surface area contributed by atoms with Gasteiger partial charge >= 0.3 is 0 Å². The van der Waals surface area contributed by atoms with Gasteiger partial charge in [0.1, 0.15) is 16.9 Å². The number of fused-ring (bicyclic) bond motifs is 4. The summed E-state index contributed by atoms with van der Waals surface area (Å²) in [5, 5.41) is 5.69. The highest BCUT2D eigenvalue weighted by atomic mass is 32.2. The zero-order valence-corrected chi connectivity index (χ0v) is 19.1. The molecule has 3 aromatic carbocycles. The third-order valence-corrected chi connectivity index (χ3v) is 6.42. The first-order valence-corrected chi connectivity index (χ1v) is 11.5. The number of carbonyl (C=O) groups is 1. The number of imidazole rings is 1. The molecule has 2 aromatic heterocycles. The summed E-state index contributed by atoms with van der Waals surface area (Å²) in [4.78, 5) is 17.5. The number of aromatic nitrogens is 2. The lowest BCUT2D eigenvalue weighted by Gasteiger charge is -2.11. The van der Waals surface area contributed by atoms with Crippen LogP contribution in [0.3, 0.4) is 0 Å². The van der Waals surface area contributed by atoms with E-state index in [1.54, 1.807) is 14.2 Å². The minimum Gasteiger partial charge on any atom is -0.495 e. The van der Waals surface area contributed by atoms with Crippen molar-refractivity contribution < 1.29 is 18.7 Å². The number of hydrogen-bond acceptors (Lipinski definition) is 6. The van der Waals surface area contributed by atoms with Crippen molar-refractivity contribution in [3.05, 3.63) is 60.7 Å². The molecule has 0 spiro atoms. The van der Waals surface area contributed by atoms with Gasteiger partial charge in [-0.05, 0) is 24.3 Å². The first kappa shape index (κ1) is 21.4. The smallest absolute Gasteiger partial charge is 0.234 e. The van der Waals surface area contributed by atoms with Crippen molar-refractivity contribution in [3.63, 3.8) is 0 Å². The molecule has 2 heterocycles. The molecule has 33 heavy (non-hydrogen) atoms. The highest BCUT2D eigenvalue weighted by molar-refractivity contribution is 7.99. The molecule has 0 radical (unpaired) electrons. The van der Waals surface area contributed by atoms with E-state index >= 15 is 0 Å². The monoisotopic (exact) mass is 461 g/mol. The van der Waals surface area contributed by atoms with Crippen molar-refractivity contribution in [1.29, 1.82) is 0 Å². The third-order valence-electron chi connectivity index (χ3n) is 5.44. The summed E-state index contributed by atoms with van der Waals surface area (Å²) in [5.74, 6) is 0.635. The zero-order valence-electron chi connectivity index (χ0n) is 18.3. The summed E-state index contributed by atoms with van der Waals surface area (Å²) in [6, 6.07) is 19.5. The lowest BCUT2D eigenvalue weighted by molar-refractivity contribution is -0.113. The number of para-hydroxylation sites is 3. The van der Waals surface area contributed by atoms with Crippen LogP contribution in [-0.2, 0) is 16.1 Å². The molecular weight excluding hydrogens is 438 g/mol. The van der Waals surface area contributed by atoms with E-state index in [0.717, 1.165) is 32.5 Å². The first-order valence-electron chi connectivity index (χ1n) is 10.5. The molecule has 7 nitrogen and oxygen atoms in total. The molecule has 0 atom stereocenters. The van der Waals surface area contributed by atoms with Crippen LogP contribution in [0.5, 0.6) is 5.75 Å². The van der Waals surface area contributed by atoms with Gasteiger partial charge < -0.3 is 23.8 Å². The van der Waals surface area contributed by atoms with Crippen LogP contribution in [0, 0.1) is 0 Å². The van der Waals surface area contributed by atoms with Gasteiger partial charge in [0.05, 0.1) is 36.2 Å². The Balaban J connectivity index is 1.37. The minimum atomic E-state index is -0.154. The largest absolute Gasteiger partial charge is 0.495 e. The predicted octanol–water partition coefficient (Wildman–Crippen LogP) is 5.32. The molecule has 0 unspecified atom stereocenters. The number of ether oxygens (including phenoxy) is 2. The Morgan fingerprint density at radius 1 is 1.06 bits per heavy atom. The number of nitrogens with zero attached hydrogens (tertiary/aromatic N) is 2. The molecule has 5 rings (SSSR count). The van der Waals surface area contributed by atoms with Gasteiger partial charge in [0.15, 0.2) is 5.16 Å². The van der Waals surface area contributed by atoms with Gasteiger partial charge in [0.25, 0.3) is 0 Å². The molecule has 8 heteroatoms. The summed E-state index contributed by atoms with van der Waals surface area (Å²) in [6.45, 7) is 1.23. The van der Waals surface area contributed by atoms with E-state index in [-0.39, 0.29) is 11.7 Å². The number of anilines is 1. The first-order chi connectivity index (χ1) is 16.2. The summed E-state index contributed by atoms with van der Waals surface area (Å²) in [7, 11) is 3.26. The van der Waals surface area contributed by atoms with Gasteiger partial charge in [-0.25, -0.2) is 4.98 Å². The fourth-order valence-electron chi connectivity index (χ4n) is 3.90. The van der Waals surface area contributed by atoms with Crippen molar-refractivity contribution in [3.8, 4) is 5.75 Å². The Morgan fingerprint density at radius 3 is 2.73 bits per heavy atom. The molecule has 0 saturated carbocycles. The van der Waals surface area contributed by atoms with E-state index in [0.29, 0.717) is 30.2 Å². The second-order valence-corrected chi connectivity index (χ2v) is 8.45. The number of hydrogen-bond donors (Lipinski definition) is 1. The van der Waals surface area contributed by atoms with Crippen molar-refractivity contribution in [2.75, 3.05) is 31.9 Å². The van der Waals surface area contributed by atoms with Crippen LogP contribution >= 0.6 is 11.8 Å². The maximum Gasteiger partial charge on any atom is 0.234 e. The summed E-state index contributed by atoms with van der Waals surface area (Å²) >= 11 is 1.39. The van der Waals surface area contributed by atoms with Crippen molar-refractivity contribution in [2.24, 2.45) is 0 Å². The summed E-state index contributed by atoms with van der Waals surface area (Å²) < 4.78 is 18.8. The highest BCUT2D eigenvalue weighted by Crippen LogP contribution is 2.36. The van der Waals surface area contributed by atoms with Crippen LogP contribution in [0.2, 0.25) is 0 Å². The molecule has 0 bridgehead atoms. The van der Waals surface area contributed by atoms with E-state index in [9.17, 15) is 4.79 Å². The molecule has 0 saturated heterocycles. The van der Waals surface area contributed by atoms with Crippen LogP contribution in [0.1, 0.15) is 0 Å². The van der Waals surface area contributed by atoms with Gasteiger partial charge in [0, 0.05) is 30.5 Å². The van der Waals surface area contributed by atoms with Crippen LogP contribution < -0.4 is 10.1 Å². The molecule has 0 aliphatic rings. The Bertz CT molecular complexity index is 1460. The van der Waals surface area contributed by atoms with Gasteiger partial charge in [-0.1, -0.05) is 42.1 Å². The Morgan fingerprint density at radius 2 is 1.88 bits per heavy atom. The molecule has 0 fully saturated rings. The van der Waals surface area contributed by atoms with Gasteiger partial charge in [-0.3, -0.25) is 4.79 Å². The normalized spacial score (nSPS) is 11.5. The molecule has 0 aliphatic heterocycles. The quantitative estimate of drug-likeness (QED) is 0.315. The second-order valence-electron chi connectivity index (χ2n) is 7.51. The Kier molecular flexibility index (Phi) is 5.93. The molecule has 5 aromatic rings. The Hall–Kier alpha value is -3.49. The average Bonchev–Trinajstić information content (AvgIpc) is 3.38. The topological polar surface area (TPSA) is 78.5 Å². The van der Waals surface area contributed by atoms with Crippen molar-refractivity contribution in [2.45, 2.75) is 11.7 Å².